The maximum atomic E-state index is 13.7. The zero-order valence-corrected chi connectivity index (χ0v) is 13.3. The number of nitrogens with zero attached hydrogens (tertiary/aromatic N) is 1. The summed E-state index contributed by atoms with van der Waals surface area (Å²) < 4.78 is 18.6. The second-order valence-electron chi connectivity index (χ2n) is 6.11. The van der Waals surface area contributed by atoms with Gasteiger partial charge in [0.15, 0.2) is 16.7 Å². The van der Waals surface area contributed by atoms with Crippen LogP contribution in [0.3, 0.4) is 0 Å². The number of amidine groups is 1. The number of methoxy groups -OCH3 is 1. The molecular weight excluding hydrogens is 287 g/mol. The number of nitrogens with one attached hydrogen (secondary N) is 1. The second-order valence-corrected chi connectivity index (χ2v) is 7.07. The summed E-state index contributed by atoms with van der Waals surface area (Å²) in [6.07, 6.45) is 4.92. The first-order valence-electron chi connectivity index (χ1n) is 7.43. The van der Waals surface area contributed by atoms with Gasteiger partial charge in [0.05, 0.1) is 12.6 Å². The van der Waals surface area contributed by atoms with Gasteiger partial charge in [-0.25, -0.2) is 4.39 Å². The van der Waals surface area contributed by atoms with Crippen LogP contribution in [0.4, 0.5) is 10.1 Å². The molecule has 2 atom stereocenters. The smallest absolute Gasteiger partial charge is 0.167 e. The first kappa shape index (κ1) is 14.7. The van der Waals surface area contributed by atoms with Crippen LogP contribution in [0.2, 0.25) is 0 Å². The van der Waals surface area contributed by atoms with Crippen LogP contribution in [-0.2, 0) is 0 Å². The van der Waals surface area contributed by atoms with Gasteiger partial charge < -0.3 is 10.1 Å². The number of halogens is 1. The van der Waals surface area contributed by atoms with E-state index in [-0.39, 0.29) is 17.1 Å². The molecular formula is C16H21FN2OS. The number of hydrogen-bond acceptors (Lipinski definition) is 4. The minimum atomic E-state index is -0.355. The maximum absolute atomic E-state index is 13.7. The quantitative estimate of drug-likeness (QED) is 0.884. The molecule has 2 aliphatic rings. The summed E-state index contributed by atoms with van der Waals surface area (Å²) >= 11 is 1.75. The van der Waals surface area contributed by atoms with E-state index >= 15 is 0 Å². The monoisotopic (exact) mass is 308 g/mol. The largest absolute Gasteiger partial charge is 0.494 e. The summed E-state index contributed by atoms with van der Waals surface area (Å²) in [5, 5.41) is 4.15. The summed E-state index contributed by atoms with van der Waals surface area (Å²) in [5.74, 6) is 1.70. The summed E-state index contributed by atoms with van der Waals surface area (Å²) in [6, 6.07) is 4.91. The predicted octanol–water partition coefficient (Wildman–Crippen LogP) is 4.30. The molecule has 0 bridgehead atoms. The van der Waals surface area contributed by atoms with Crippen molar-refractivity contribution < 1.29 is 9.13 Å². The van der Waals surface area contributed by atoms with Crippen LogP contribution in [-0.4, -0.2) is 23.6 Å². The highest BCUT2D eigenvalue weighted by Crippen LogP contribution is 2.42. The fourth-order valence-electron chi connectivity index (χ4n) is 3.28. The summed E-state index contributed by atoms with van der Waals surface area (Å²) in [7, 11) is 1.47. The molecule has 1 spiro atoms. The summed E-state index contributed by atoms with van der Waals surface area (Å²) in [5.41, 5.74) is 0.829. The van der Waals surface area contributed by atoms with Crippen LogP contribution in [0, 0.1) is 11.7 Å². The Kier molecular flexibility index (Phi) is 4.11. The van der Waals surface area contributed by atoms with Gasteiger partial charge in [0.2, 0.25) is 0 Å². The Bertz CT molecular complexity index is 563. The molecule has 1 aliphatic heterocycles. The van der Waals surface area contributed by atoms with E-state index < -0.39 is 0 Å². The highest BCUT2D eigenvalue weighted by molar-refractivity contribution is 8.14. The molecule has 114 valence electrons. The lowest BCUT2D eigenvalue weighted by atomic mass is 9.78. The van der Waals surface area contributed by atoms with Crippen molar-refractivity contribution in [1.82, 2.24) is 0 Å². The van der Waals surface area contributed by atoms with Crippen molar-refractivity contribution in [2.45, 2.75) is 38.1 Å². The van der Waals surface area contributed by atoms with Crippen molar-refractivity contribution in [3.05, 3.63) is 24.0 Å². The Hall–Kier alpha value is -1.23. The van der Waals surface area contributed by atoms with E-state index in [2.05, 4.69) is 12.2 Å². The fourth-order valence-corrected chi connectivity index (χ4v) is 4.46. The molecule has 1 heterocycles. The third-order valence-corrected chi connectivity index (χ3v) is 5.44. The van der Waals surface area contributed by atoms with Gasteiger partial charge >= 0.3 is 0 Å². The fraction of sp³-hybridized carbons (Fsp3) is 0.562. The van der Waals surface area contributed by atoms with E-state index in [1.54, 1.807) is 17.8 Å². The lowest BCUT2D eigenvalue weighted by Gasteiger charge is -2.33. The van der Waals surface area contributed by atoms with E-state index in [1.165, 1.54) is 38.9 Å². The zero-order chi connectivity index (χ0) is 14.9. The molecule has 5 heteroatoms. The highest BCUT2D eigenvalue weighted by Gasteiger charge is 2.39. The van der Waals surface area contributed by atoms with Gasteiger partial charge in [-0.1, -0.05) is 31.5 Å². The van der Waals surface area contributed by atoms with Gasteiger partial charge in [-0.3, -0.25) is 4.99 Å². The van der Waals surface area contributed by atoms with Gasteiger partial charge in [-0.2, -0.15) is 0 Å². The molecule has 0 amide bonds. The van der Waals surface area contributed by atoms with Gasteiger partial charge in [-0.15, -0.1) is 0 Å². The van der Waals surface area contributed by atoms with Crippen molar-refractivity contribution in [2.75, 3.05) is 18.2 Å². The second kappa shape index (κ2) is 5.87. The van der Waals surface area contributed by atoms with E-state index in [9.17, 15) is 4.39 Å². The maximum Gasteiger partial charge on any atom is 0.167 e. The van der Waals surface area contributed by atoms with E-state index in [0.717, 1.165) is 22.5 Å². The normalized spacial score (nSPS) is 28.5. The van der Waals surface area contributed by atoms with Crippen LogP contribution < -0.4 is 10.1 Å². The Morgan fingerprint density at radius 1 is 1.48 bits per heavy atom. The van der Waals surface area contributed by atoms with Gasteiger partial charge in [0, 0.05) is 17.5 Å². The lowest BCUT2D eigenvalue weighted by molar-refractivity contribution is 0.266. The number of hydrogen-bond donors (Lipinski definition) is 1. The Balaban J connectivity index is 1.72. The standard InChI is InChI=1S/C16H21FN2OS/c1-11-4-3-7-16(9-11)10-21-15(19-16)18-12-5-6-14(20-2)13(17)8-12/h5-6,8,11H,3-4,7,9-10H2,1-2H3,(H,18,19). The van der Waals surface area contributed by atoms with E-state index in [1.807, 2.05) is 6.07 Å². The van der Waals surface area contributed by atoms with Crippen molar-refractivity contribution in [2.24, 2.45) is 10.9 Å². The van der Waals surface area contributed by atoms with Crippen molar-refractivity contribution in [1.29, 1.82) is 0 Å². The molecule has 21 heavy (non-hydrogen) atoms. The van der Waals surface area contributed by atoms with E-state index in [0.29, 0.717) is 0 Å². The van der Waals surface area contributed by atoms with Crippen molar-refractivity contribution in [3.63, 3.8) is 0 Å². The molecule has 3 rings (SSSR count). The Labute approximate surface area is 129 Å². The van der Waals surface area contributed by atoms with Gasteiger partial charge in [0.25, 0.3) is 0 Å². The Morgan fingerprint density at radius 3 is 3.05 bits per heavy atom. The molecule has 1 aromatic rings. The number of thioether (sulfide) groups is 1. The average molecular weight is 308 g/mol. The third kappa shape index (κ3) is 3.18. The summed E-state index contributed by atoms with van der Waals surface area (Å²) in [6.45, 7) is 2.31. The topological polar surface area (TPSA) is 33.6 Å². The first-order valence-corrected chi connectivity index (χ1v) is 8.42. The number of benzene rings is 1. The molecule has 1 N–H and O–H groups in total. The van der Waals surface area contributed by atoms with Crippen LogP contribution in [0.25, 0.3) is 0 Å². The van der Waals surface area contributed by atoms with Crippen LogP contribution in [0.15, 0.2) is 23.2 Å². The molecule has 3 nitrogen and oxygen atoms in total. The molecule has 0 saturated heterocycles. The minimum Gasteiger partial charge on any atom is -0.494 e. The highest BCUT2D eigenvalue weighted by atomic mass is 32.2. The van der Waals surface area contributed by atoms with Crippen molar-refractivity contribution in [3.8, 4) is 5.75 Å². The number of anilines is 1. The van der Waals surface area contributed by atoms with Crippen LogP contribution in [0.1, 0.15) is 32.6 Å². The molecule has 1 fully saturated rings. The average Bonchev–Trinajstić information content (AvgIpc) is 2.81. The molecule has 1 saturated carbocycles. The van der Waals surface area contributed by atoms with Gasteiger partial charge in [-0.05, 0) is 30.9 Å². The number of rotatable bonds is 2. The number of aliphatic imine (C=N–C) groups is 1. The molecule has 1 aliphatic carbocycles. The first-order chi connectivity index (χ1) is 10.1. The van der Waals surface area contributed by atoms with Gasteiger partial charge in [0.1, 0.15) is 0 Å². The zero-order valence-electron chi connectivity index (χ0n) is 12.5. The molecule has 1 aromatic carbocycles. The molecule has 2 unspecified atom stereocenters. The third-order valence-electron chi connectivity index (χ3n) is 4.29. The van der Waals surface area contributed by atoms with E-state index in [4.69, 9.17) is 9.73 Å². The molecule has 0 aromatic heterocycles. The van der Waals surface area contributed by atoms with Crippen LogP contribution in [0.5, 0.6) is 5.75 Å². The predicted molar refractivity (Wildman–Crippen MR) is 86.8 cm³/mol. The minimum absolute atomic E-state index is 0.107. The Morgan fingerprint density at radius 2 is 2.33 bits per heavy atom. The van der Waals surface area contributed by atoms with Crippen molar-refractivity contribution >= 4 is 22.6 Å². The lowest BCUT2D eigenvalue weighted by Crippen LogP contribution is -2.33. The van der Waals surface area contributed by atoms with Crippen LogP contribution >= 0.6 is 11.8 Å². The SMILES string of the molecule is COc1ccc(NC2=NC3(CCCC(C)C3)CS2)cc1F. The summed E-state index contributed by atoms with van der Waals surface area (Å²) in [4.78, 5) is 4.91. The molecule has 0 radical (unpaired) electrons. The number of ether oxygens (including phenoxy) is 1.